The average Bonchev–Trinajstić information content (AvgIpc) is 2.77. The lowest BCUT2D eigenvalue weighted by Gasteiger charge is -2.16. The van der Waals surface area contributed by atoms with Gasteiger partial charge in [0.25, 0.3) is 0 Å². The van der Waals surface area contributed by atoms with Gasteiger partial charge in [-0.05, 0) is 42.4 Å². The van der Waals surface area contributed by atoms with E-state index >= 15 is 0 Å². The van der Waals surface area contributed by atoms with Gasteiger partial charge in [0.15, 0.2) is 0 Å². The summed E-state index contributed by atoms with van der Waals surface area (Å²) in [6.45, 7) is 3.69. The van der Waals surface area contributed by atoms with Crippen molar-refractivity contribution in [3.8, 4) is 0 Å². The van der Waals surface area contributed by atoms with Crippen LogP contribution in [0.3, 0.4) is 0 Å². The molecule has 1 saturated heterocycles. The molecule has 16 heavy (non-hydrogen) atoms. The highest BCUT2D eigenvalue weighted by atomic mass is 15.2. The molecule has 3 rings (SSSR count). The first-order valence-corrected chi connectivity index (χ1v) is 6.38. The maximum absolute atomic E-state index is 5.81. The fourth-order valence-electron chi connectivity index (χ4n) is 3.41. The number of rotatable bonds is 2. The van der Waals surface area contributed by atoms with Crippen molar-refractivity contribution < 1.29 is 0 Å². The molecular weight excluding hydrogens is 196 g/mol. The van der Waals surface area contributed by atoms with Crippen molar-refractivity contribution in [3.05, 3.63) is 29.8 Å². The Bertz CT molecular complexity index is 363. The van der Waals surface area contributed by atoms with E-state index < -0.39 is 0 Å². The lowest BCUT2D eigenvalue weighted by molar-refractivity contribution is 0.303. The predicted octanol–water partition coefficient (Wildman–Crippen LogP) is 2.50. The van der Waals surface area contributed by atoms with Gasteiger partial charge in [-0.15, -0.1) is 0 Å². The van der Waals surface area contributed by atoms with Crippen LogP contribution in [-0.4, -0.2) is 18.0 Å². The smallest absolute Gasteiger partial charge is 0.0317 e. The first-order chi connectivity index (χ1) is 7.81. The molecule has 2 atom stereocenters. The molecule has 2 N–H and O–H groups in total. The van der Waals surface area contributed by atoms with E-state index in [9.17, 15) is 0 Å². The minimum absolute atomic E-state index is 0.886. The highest BCUT2D eigenvalue weighted by Crippen LogP contribution is 2.38. The van der Waals surface area contributed by atoms with Crippen molar-refractivity contribution in [1.29, 1.82) is 0 Å². The summed E-state index contributed by atoms with van der Waals surface area (Å²) in [6.07, 6.45) is 4.37. The largest absolute Gasteiger partial charge is 0.399 e. The highest BCUT2D eigenvalue weighted by Gasteiger charge is 2.35. The second kappa shape index (κ2) is 4.10. The fraction of sp³-hybridized carbons (Fsp3) is 0.571. The molecule has 1 heterocycles. The molecule has 2 aliphatic rings. The van der Waals surface area contributed by atoms with Crippen molar-refractivity contribution in [3.63, 3.8) is 0 Å². The van der Waals surface area contributed by atoms with E-state index in [4.69, 9.17) is 5.73 Å². The maximum atomic E-state index is 5.81. The quantitative estimate of drug-likeness (QED) is 0.770. The van der Waals surface area contributed by atoms with Crippen LogP contribution in [0.1, 0.15) is 24.8 Å². The van der Waals surface area contributed by atoms with Crippen LogP contribution in [-0.2, 0) is 6.54 Å². The molecule has 86 valence electrons. The van der Waals surface area contributed by atoms with Gasteiger partial charge in [0.2, 0.25) is 0 Å². The zero-order valence-electron chi connectivity index (χ0n) is 9.73. The summed E-state index contributed by atoms with van der Waals surface area (Å²) in [5.74, 6) is 1.97. The molecule has 0 spiro atoms. The zero-order chi connectivity index (χ0) is 11.0. The summed E-state index contributed by atoms with van der Waals surface area (Å²) < 4.78 is 0. The number of fused-ring (bicyclic) bond motifs is 1. The second-order valence-corrected chi connectivity index (χ2v) is 5.39. The van der Waals surface area contributed by atoms with Crippen molar-refractivity contribution in [2.45, 2.75) is 25.8 Å². The van der Waals surface area contributed by atoms with Gasteiger partial charge in [0, 0.05) is 25.3 Å². The van der Waals surface area contributed by atoms with Gasteiger partial charge in [0.05, 0.1) is 0 Å². The SMILES string of the molecule is Nc1cccc(CN2CC3CCCC3C2)c1. The van der Waals surface area contributed by atoms with E-state index in [0.717, 1.165) is 24.1 Å². The number of nitrogens with zero attached hydrogens (tertiary/aromatic N) is 1. The molecule has 0 amide bonds. The van der Waals surface area contributed by atoms with E-state index in [1.807, 2.05) is 6.07 Å². The molecule has 0 aromatic heterocycles. The molecule has 0 bridgehead atoms. The second-order valence-electron chi connectivity index (χ2n) is 5.39. The third-order valence-electron chi connectivity index (χ3n) is 4.16. The van der Waals surface area contributed by atoms with Gasteiger partial charge in [-0.25, -0.2) is 0 Å². The standard InChI is InChI=1S/C14H20N2/c15-14-6-1-3-11(7-14)8-16-9-12-4-2-5-13(12)10-16/h1,3,6-7,12-13H,2,4-5,8-10,15H2. The molecule has 2 nitrogen and oxygen atoms in total. The molecule has 1 saturated carbocycles. The Balaban J connectivity index is 1.64. The van der Waals surface area contributed by atoms with Crippen LogP contribution < -0.4 is 5.73 Å². The summed E-state index contributed by atoms with van der Waals surface area (Å²) in [6, 6.07) is 8.31. The minimum atomic E-state index is 0.886. The summed E-state index contributed by atoms with van der Waals surface area (Å²) >= 11 is 0. The molecule has 0 radical (unpaired) electrons. The number of hydrogen-bond donors (Lipinski definition) is 1. The van der Waals surface area contributed by atoms with Crippen LogP contribution in [0.15, 0.2) is 24.3 Å². The van der Waals surface area contributed by atoms with E-state index in [2.05, 4.69) is 23.1 Å². The van der Waals surface area contributed by atoms with E-state index in [1.54, 1.807) is 0 Å². The van der Waals surface area contributed by atoms with Crippen molar-refractivity contribution in [2.24, 2.45) is 11.8 Å². The Morgan fingerprint density at radius 2 is 1.94 bits per heavy atom. The lowest BCUT2D eigenvalue weighted by atomic mass is 10.0. The monoisotopic (exact) mass is 216 g/mol. The number of benzene rings is 1. The predicted molar refractivity (Wildman–Crippen MR) is 67.0 cm³/mol. The van der Waals surface area contributed by atoms with Gasteiger partial charge < -0.3 is 5.73 Å². The van der Waals surface area contributed by atoms with Crippen LogP contribution in [0.25, 0.3) is 0 Å². The number of likely N-dealkylation sites (tertiary alicyclic amines) is 1. The van der Waals surface area contributed by atoms with Crippen LogP contribution in [0.2, 0.25) is 0 Å². The topological polar surface area (TPSA) is 29.3 Å². The molecule has 1 aromatic rings. The van der Waals surface area contributed by atoms with E-state index in [0.29, 0.717) is 0 Å². The molecule has 2 heteroatoms. The summed E-state index contributed by atoms with van der Waals surface area (Å²) in [7, 11) is 0. The molecular formula is C14H20N2. The summed E-state index contributed by atoms with van der Waals surface area (Å²) in [5.41, 5.74) is 8.05. The zero-order valence-corrected chi connectivity index (χ0v) is 9.73. The Hall–Kier alpha value is -1.02. The molecule has 2 unspecified atom stereocenters. The first-order valence-electron chi connectivity index (χ1n) is 6.38. The van der Waals surface area contributed by atoms with Gasteiger partial charge >= 0.3 is 0 Å². The molecule has 1 aromatic carbocycles. The number of hydrogen-bond acceptors (Lipinski definition) is 2. The third-order valence-corrected chi connectivity index (χ3v) is 4.16. The maximum Gasteiger partial charge on any atom is 0.0317 e. The third kappa shape index (κ3) is 1.94. The first kappa shape index (κ1) is 10.2. The number of nitrogen functional groups attached to an aromatic ring is 1. The van der Waals surface area contributed by atoms with Crippen LogP contribution >= 0.6 is 0 Å². The summed E-state index contributed by atoms with van der Waals surface area (Å²) in [5, 5.41) is 0. The minimum Gasteiger partial charge on any atom is -0.399 e. The Labute approximate surface area is 97.4 Å². The van der Waals surface area contributed by atoms with Crippen molar-refractivity contribution in [1.82, 2.24) is 4.90 Å². The normalized spacial score (nSPS) is 29.5. The van der Waals surface area contributed by atoms with Gasteiger partial charge in [0.1, 0.15) is 0 Å². The summed E-state index contributed by atoms with van der Waals surface area (Å²) in [4.78, 5) is 2.60. The average molecular weight is 216 g/mol. The molecule has 1 aliphatic heterocycles. The van der Waals surface area contributed by atoms with Crippen LogP contribution in [0.5, 0.6) is 0 Å². The number of anilines is 1. The van der Waals surface area contributed by atoms with E-state index in [1.165, 1.54) is 37.9 Å². The van der Waals surface area contributed by atoms with Crippen molar-refractivity contribution in [2.75, 3.05) is 18.8 Å². The van der Waals surface area contributed by atoms with Crippen LogP contribution in [0.4, 0.5) is 5.69 Å². The van der Waals surface area contributed by atoms with Gasteiger partial charge in [-0.1, -0.05) is 18.6 Å². The molecule has 1 aliphatic carbocycles. The molecule has 2 fully saturated rings. The Morgan fingerprint density at radius 3 is 2.62 bits per heavy atom. The van der Waals surface area contributed by atoms with Crippen LogP contribution in [0, 0.1) is 11.8 Å². The van der Waals surface area contributed by atoms with E-state index in [-0.39, 0.29) is 0 Å². The fourth-order valence-corrected chi connectivity index (χ4v) is 3.41. The number of nitrogens with two attached hydrogens (primary N) is 1. The Morgan fingerprint density at radius 1 is 1.19 bits per heavy atom. The lowest BCUT2D eigenvalue weighted by Crippen LogP contribution is -2.21. The van der Waals surface area contributed by atoms with Crippen molar-refractivity contribution >= 4 is 5.69 Å². The Kier molecular flexibility index (Phi) is 2.60. The van der Waals surface area contributed by atoms with Gasteiger partial charge in [-0.3, -0.25) is 4.90 Å². The highest BCUT2D eigenvalue weighted by molar-refractivity contribution is 5.40. The van der Waals surface area contributed by atoms with Gasteiger partial charge in [-0.2, -0.15) is 0 Å².